The number of rotatable bonds is 12. The Morgan fingerprint density at radius 2 is 1.82 bits per heavy atom. The van der Waals surface area contributed by atoms with Crippen LogP contribution in [0.4, 0.5) is 9.18 Å². The van der Waals surface area contributed by atoms with Gasteiger partial charge in [0, 0.05) is 24.0 Å². The zero-order valence-electron chi connectivity index (χ0n) is 26.0. The lowest BCUT2D eigenvalue weighted by Crippen LogP contribution is -2.67. The summed E-state index contributed by atoms with van der Waals surface area (Å²) in [5, 5.41) is 17.0. The summed E-state index contributed by atoms with van der Waals surface area (Å²) in [4.78, 5) is 45.9. The van der Waals surface area contributed by atoms with Crippen molar-refractivity contribution in [1.82, 2.24) is 20.5 Å². The first kappa shape index (κ1) is 34.2. The number of fused-ring (bicyclic) bond motifs is 3. The lowest BCUT2D eigenvalue weighted by molar-refractivity contribution is -0.137. The summed E-state index contributed by atoms with van der Waals surface area (Å²) in [5.41, 5.74) is 7.25. The van der Waals surface area contributed by atoms with Crippen molar-refractivity contribution in [3.63, 3.8) is 0 Å². The number of hydrogen-bond donors (Lipinski definition) is 5. The Hall–Kier alpha value is -3.70. The quantitative estimate of drug-likeness (QED) is 0.158. The number of hydrogen-bond acceptors (Lipinski definition) is 4. The van der Waals surface area contributed by atoms with E-state index in [1.165, 1.54) is 12.1 Å². The molecule has 1 heterocycles. The minimum absolute atomic E-state index is 0.0142. The number of carbonyl (C=O) groups is 3. The average Bonchev–Trinajstić information content (AvgIpc) is 3.36. The van der Waals surface area contributed by atoms with E-state index in [9.17, 15) is 23.9 Å². The molecule has 242 valence electrons. The van der Waals surface area contributed by atoms with Gasteiger partial charge in [0.15, 0.2) is 0 Å². The molecule has 0 fully saturated rings. The Balaban J connectivity index is 1.79. The molecule has 3 aromatic rings. The van der Waals surface area contributed by atoms with Crippen LogP contribution in [-0.2, 0) is 29.0 Å². The lowest BCUT2D eigenvalue weighted by atomic mass is 9.78. The van der Waals surface area contributed by atoms with Crippen LogP contribution < -0.4 is 16.4 Å². The van der Waals surface area contributed by atoms with E-state index in [1.807, 2.05) is 33.8 Å². The fraction of sp³-hybridized carbons (Fsp3) is 0.455. The molecular formula is C33H41ClFN5O4S. The van der Waals surface area contributed by atoms with Gasteiger partial charge in [-0.25, -0.2) is 9.18 Å². The standard InChI is InChI=1S/C33H41ClFN5O4S/c1-5-18(3)26(29(36)45)38-31(42)33(13-12-25-23(16-33)22-14-21(35)15-24(34)27(22)37-25)39-30(41)28(19(4)6-2)40(32(43)44)17-20-10-8-7-9-11-20/h7-11,14-15,18-19,26,28,37H,5-6,12-13,16-17H2,1-4H3,(H2,36,45)(H,38,42)(H,39,41)(H,43,44)/t18?,19?,26-,28-,33+/m0/s1. The summed E-state index contributed by atoms with van der Waals surface area (Å²) in [7, 11) is 0. The first-order valence-electron chi connectivity index (χ1n) is 15.3. The smallest absolute Gasteiger partial charge is 0.408 e. The van der Waals surface area contributed by atoms with Crippen molar-refractivity contribution >= 4 is 57.6 Å². The van der Waals surface area contributed by atoms with Gasteiger partial charge in [0.1, 0.15) is 17.4 Å². The fourth-order valence-electron chi connectivity index (χ4n) is 6.14. The Kier molecular flexibility index (Phi) is 10.8. The van der Waals surface area contributed by atoms with Gasteiger partial charge in [-0.2, -0.15) is 0 Å². The highest BCUT2D eigenvalue weighted by atomic mass is 35.5. The number of aromatic amines is 1. The molecule has 1 aromatic heterocycles. The number of H-pyrrole nitrogens is 1. The number of nitrogens with one attached hydrogen (secondary N) is 3. The van der Waals surface area contributed by atoms with Crippen molar-refractivity contribution < 1.29 is 23.9 Å². The van der Waals surface area contributed by atoms with Gasteiger partial charge in [0.25, 0.3) is 0 Å². The molecule has 3 amide bonds. The van der Waals surface area contributed by atoms with E-state index in [2.05, 4.69) is 15.6 Å². The highest BCUT2D eigenvalue weighted by Crippen LogP contribution is 2.37. The molecule has 45 heavy (non-hydrogen) atoms. The van der Waals surface area contributed by atoms with E-state index in [4.69, 9.17) is 29.6 Å². The molecule has 9 nitrogen and oxygen atoms in total. The Morgan fingerprint density at radius 3 is 2.42 bits per heavy atom. The van der Waals surface area contributed by atoms with Gasteiger partial charge in [0.05, 0.1) is 21.6 Å². The maximum Gasteiger partial charge on any atom is 0.408 e. The minimum Gasteiger partial charge on any atom is -0.465 e. The highest BCUT2D eigenvalue weighted by molar-refractivity contribution is 7.80. The number of benzene rings is 2. The van der Waals surface area contributed by atoms with E-state index in [0.717, 1.165) is 16.2 Å². The van der Waals surface area contributed by atoms with E-state index in [0.29, 0.717) is 35.7 Å². The van der Waals surface area contributed by atoms with Gasteiger partial charge >= 0.3 is 6.09 Å². The molecule has 4 rings (SSSR count). The van der Waals surface area contributed by atoms with Crippen molar-refractivity contribution in [2.24, 2.45) is 17.6 Å². The van der Waals surface area contributed by atoms with Crippen LogP contribution in [0, 0.1) is 17.7 Å². The number of nitrogens with zero attached hydrogens (tertiary/aromatic N) is 1. The van der Waals surface area contributed by atoms with Crippen LogP contribution in [0.3, 0.4) is 0 Å². The van der Waals surface area contributed by atoms with Crippen LogP contribution in [0.5, 0.6) is 0 Å². The largest absolute Gasteiger partial charge is 0.465 e. The second-order valence-electron chi connectivity index (χ2n) is 12.1. The Morgan fingerprint density at radius 1 is 1.16 bits per heavy atom. The van der Waals surface area contributed by atoms with Crippen molar-refractivity contribution in [3.8, 4) is 0 Å². The number of aromatic nitrogens is 1. The summed E-state index contributed by atoms with van der Waals surface area (Å²) in [6, 6.07) is 9.87. The molecule has 0 saturated carbocycles. The summed E-state index contributed by atoms with van der Waals surface area (Å²) in [6.07, 6.45) is 0.498. The van der Waals surface area contributed by atoms with Gasteiger partial charge in [-0.05, 0) is 47.9 Å². The molecule has 0 bridgehead atoms. The number of nitrogens with two attached hydrogens (primary N) is 1. The number of amides is 3. The third-order valence-electron chi connectivity index (χ3n) is 9.13. The second-order valence-corrected chi connectivity index (χ2v) is 13.0. The molecule has 0 spiro atoms. The van der Waals surface area contributed by atoms with Crippen LogP contribution >= 0.6 is 23.8 Å². The maximum absolute atomic E-state index is 14.5. The van der Waals surface area contributed by atoms with Gasteiger partial charge < -0.3 is 26.5 Å². The van der Waals surface area contributed by atoms with Gasteiger partial charge in [-0.15, -0.1) is 0 Å². The molecule has 2 unspecified atom stereocenters. The molecule has 0 aliphatic heterocycles. The number of carboxylic acid groups (broad SMARTS) is 1. The SMILES string of the molecule is CCC(C)[C@H](NC(=O)[C@@]1(NC(=O)[C@H](C(C)CC)N(Cc2ccccc2)C(=O)O)CCc2[nH]c3c(Cl)cc(F)cc3c2C1)C(N)=S. The normalized spacial score (nSPS) is 18.7. The van der Waals surface area contributed by atoms with Crippen LogP contribution in [-0.4, -0.2) is 55.5 Å². The van der Waals surface area contributed by atoms with Crippen LogP contribution in [0.25, 0.3) is 10.9 Å². The highest BCUT2D eigenvalue weighted by Gasteiger charge is 2.47. The summed E-state index contributed by atoms with van der Waals surface area (Å²) < 4.78 is 14.5. The van der Waals surface area contributed by atoms with E-state index < -0.39 is 41.3 Å². The van der Waals surface area contributed by atoms with E-state index in [1.54, 1.807) is 24.3 Å². The van der Waals surface area contributed by atoms with Crippen molar-refractivity contribution in [1.29, 1.82) is 0 Å². The zero-order chi connectivity index (χ0) is 33.1. The minimum atomic E-state index is -1.52. The maximum atomic E-state index is 14.5. The average molecular weight is 658 g/mol. The molecular weight excluding hydrogens is 617 g/mol. The summed E-state index contributed by atoms with van der Waals surface area (Å²) in [5.74, 6) is -2.08. The van der Waals surface area contributed by atoms with Gasteiger partial charge in [-0.1, -0.05) is 94.7 Å². The predicted octanol–water partition coefficient (Wildman–Crippen LogP) is 5.72. The Bertz CT molecular complexity index is 1580. The summed E-state index contributed by atoms with van der Waals surface area (Å²) in [6.45, 7) is 7.56. The summed E-state index contributed by atoms with van der Waals surface area (Å²) >= 11 is 11.7. The fourth-order valence-corrected chi connectivity index (χ4v) is 6.69. The molecule has 12 heteroatoms. The topological polar surface area (TPSA) is 141 Å². The monoisotopic (exact) mass is 657 g/mol. The zero-order valence-corrected chi connectivity index (χ0v) is 27.5. The Labute approximate surface area is 273 Å². The van der Waals surface area contributed by atoms with Crippen molar-refractivity contribution in [3.05, 3.63) is 70.1 Å². The van der Waals surface area contributed by atoms with E-state index in [-0.39, 0.29) is 41.2 Å². The van der Waals surface area contributed by atoms with Crippen molar-refractivity contribution in [2.45, 2.75) is 84.0 Å². The molecule has 2 aromatic carbocycles. The predicted molar refractivity (Wildman–Crippen MR) is 178 cm³/mol. The van der Waals surface area contributed by atoms with Gasteiger partial charge in [-0.3, -0.25) is 14.5 Å². The molecule has 5 atom stereocenters. The van der Waals surface area contributed by atoms with Crippen LogP contribution in [0.2, 0.25) is 5.02 Å². The molecule has 6 N–H and O–H groups in total. The molecule has 1 aliphatic carbocycles. The second kappa shape index (κ2) is 14.2. The third-order valence-corrected chi connectivity index (χ3v) is 9.68. The first-order valence-corrected chi connectivity index (χ1v) is 16.0. The molecule has 1 aliphatic rings. The van der Waals surface area contributed by atoms with Crippen LogP contribution in [0.15, 0.2) is 42.5 Å². The lowest BCUT2D eigenvalue weighted by Gasteiger charge is -2.41. The molecule has 0 saturated heterocycles. The number of thiocarbonyl (C=S) groups is 1. The first-order chi connectivity index (χ1) is 21.3. The van der Waals surface area contributed by atoms with Crippen molar-refractivity contribution in [2.75, 3.05) is 0 Å². The van der Waals surface area contributed by atoms with Gasteiger partial charge in [0.2, 0.25) is 11.8 Å². The molecule has 0 radical (unpaired) electrons. The third kappa shape index (κ3) is 7.25. The van der Waals surface area contributed by atoms with E-state index >= 15 is 0 Å². The number of halogens is 2. The number of aryl methyl sites for hydroxylation is 1. The number of carbonyl (C=O) groups excluding carboxylic acids is 2. The van der Waals surface area contributed by atoms with Crippen LogP contribution in [0.1, 0.15) is 63.8 Å².